The van der Waals surface area contributed by atoms with E-state index in [2.05, 4.69) is 29.2 Å². The Morgan fingerprint density at radius 1 is 1.11 bits per heavy atom. The number of anilines is 1. The van der Waals surface area contributed by atoms with E-state index in [0.29, 0.717) is 0 Å². The first-order valence-electron chi connectivity index (χ1n) is 12.8. The summed E-state index contributed by atoms with van der Waals surface area (Å²) in [6.45, 7) is 3.81. The van der Waals surface area contributed by atoms with E-state index < -0.39 is 23.8 Å². The minimum absolute atomic E-state index is 0.0138. The number of imide groups is 1. The summed E-state index contributed by atoms with van der Waals surface area (Å²) in [7, 11) is 3.99. The molecule has 2 amide bonds. The molecule has 0 unspecified atom stereocenters. The molecule has 2 N–H and O–H groups in total. The highest BCUT2D eigenvalue weighted by Gasteiger charge is 2.70. The van der Waals surface area contributed by atoms with E-state index in [1.54, 1.807) is 11.8 Å². The van der Waals surface area contributed by atoms with Crippen LogP contribution in [0.4, 0.5) is 5.69 Å². The molecular weight excluding hydrogens is 510 g/mol. The predicted octanol–water partition coefficient (Wildman–Crippen LogP) is 3.48. The van der Waals surface area contributed by atoms with Gasteiger partial charge in [-0.3, -0.25) is 19.3 Å². The molecule has 2 bridgehead atoms. The number of rotatable bonds is 6. The first-order valence-corrected chi connectivity index (χ1v) is 14.5. The summed E-state index contributed by atoms with van der Waals surface area (Å²) in [5.41, 5.74) is 2.19. The van der Waals surface area contributed by atoms with Crippen molar-refractivity contribution in [2.75, 3.05) is 19.0 Å². The van der Waals surface area contributed by atoms with E-state index in [4.69, 9.17) is 0 Å². The maximum atomic E-state index is 13.8. The van der Waals surface area contributed by atoms with Crippen molar-refractivity contribution in [1.82, 2.24) is 9.88 Å². The molecule has 0 radical (unpaired) electrons. The van der Waals surface area contributed by atoms with Gasteiger partial charge in [0.25, 0.3) is 0 Å². The highest BCUT2D eigenvalue weighted by Crippen LogP contribution is 2.68. The Labute approximate surface area is 223 Å². The van der Waals surface area contributed by atoms with Gasteiger partial charge >= 0.3 is 10.8 Å². The first-order chi connectivity index (χ1) is 17.6. The van der Waals surface area contributed by atoms with Crippen LogP contribution in [-0.4, -0.2) is 58.2 Å². The number of fused-ring (bicyclic) bond motifs is 9. The lowest BCUT2D eigenvalue weighted by Crippen LogP contribution is -2.47. The van der Waals surface area contributed by atoms with Crippen LogP contribution in [0, 0.1) is 35.5 Å². The Hall–Kier alpha value is -2.59. The van der Waals surface area contributed by atoms with Crippen molar-refractivity contribution in [3.63, 3.8) is 0 Å². The van der Waals surface area contributed by atoms with E-state index in [1.807, 2.05) is 32.8 Å². The van der Waals surface area contributed by atoms with Gasteiger partial charge < -0.3 is 15.0 Å². The molecule has 2 saturated carbocycles. The third-order valence-electron chi connectivity index (χ3n) is 8.82. The van der Waals surface area contributed by atoms with Gasteiger partial charge in [-0.15, -0.1) is 11.8 Å². The number of hydrogen-bond donors (Lipinski definition) is 2. The SMILES string of the molecule is CC(C)C[C@H](C(=O)O)N1C(=O)[C@@H]2[C@H]3C[C@@H]([C@@H]2C1=O)[C@@H]1[C@@H](c2ccc(N(C)C)cc2)c2sc(=O)[nH]c2S[C@H]31. The molecule has 6 rings (SSSR count). The molecule has 1 aromatic carbocycles. The molecule has 2 aromatic rings. The smallest absolute Gasteiger partial charge is 0.326 e. The van der Waals surface area contributed by atoms with Crippen molar-refractivity contribution in [2.45, 2.75) is 48.9 Å². The topological polar surface area (TPSA) is 111 Å². The minimum atomic E-state index is -1.12. The Bertz CT molecular complexity index is 1330. The van der Waals surface area contributed by atoms with Crippen LogP contribution in [0.15, 0.2) is 34.1 Å². The number of likely N-dealkylation sites (tertiary alicyclic amines) is 1. The van der Waals surface area contributed by atoms with Gasteiger partial charge in [-0.05, 0) is 54.2 Å². The molecule has 3 fully saturated rings. The van der Waals surface area contributed by atoms with Crippen molar-refractivity contribution in [1.29, 1.82) is 0 Å². The number of amides is 2. The van der Waals surface area contributed by atoms with Crippen LogP contribution in [0.2, 0.25) is 0 Å². The summed E-state index contributed by atoms with van der Waals surface area (Å²) in [6, 6.07) is 7.26. The normalized spacial score (nSPS) is 32.5. The number of H-pyrrole nitrogens is 1. The molecule has 3 heterocycles. The van der Waals surface area contributed by atoms with Gasteiger partial charge in [0.05, 0.1) is 16.9 Å². The van der Waals surface area contributed by atoms with Crippen molar-refractivity contribution in [3.8, 4) is 0 Å². The zero-order valence-corrected chi connectivity index (χ0v) is 22.8. The zero-order valence-electron chi connectivity index (χ0n) is 21.2. The summed E-state index contributed by atoms with van der Waals surface area (Å²) in [5, 5.41) is 10.9. The summed E-state index contributed by atoms with van der Waals surface area (Å²) < 4.78 is 0. The number of carboxylic acid groups (broad SMARTS) is 1. The van der Waals surface area contributed by atoms with E-state index in [0.717, 1.165) is 32.5 Å². The fourth-order valence-electron chi connectivity index (χ4n) is 7.46. The molecule has 1 saturated heterocycles. The number of thioether (sulfide) groups is 1. The number of aromatic amines is 1. The average Bonchev–Trinajstić information content (AvgIpc) is 3.56. The number of aliphatic carboxylic acids is 1. The van der Waals surface area contributed by atoms with Gasteiger partial charge in [0.1, 0.15) is 6.04 Å². The Balaban J connectivity index is 1.40. The molecule has 8 nitrogen and oxygen atoms in total. The fourth-order valence-corrected chi connectivity index (χ4v) is 10.4. The number of benzene rings is 1. The van der Waals surface area contributed by atoms with Gasteiger partial charge in [0, 0.05) is 35.8 Å². The average molecular weight is 542 g/mol. The maximum Gasteiger partial charge on any atom is 0.326 e. The lowest BCUT2D eigenvalue weighted by Gasteiger charge is -2.43. The Morgan fingerprint density at radius 3 is 2.35 bits per heavy atom. The van der Waals surface area contributed by atoms with Crippen LogP contribution >= 0.6 is 23.1 Å². The number of thiazole rings is 1. The number of carbonyl (C=O) groups excluding carboxylic acids is 2. The van der Waals surface area contributed by atoms with Crippen LogP contribution in [0.1, 0.15) is 43.0 Å². The number of carbonyl (C=O) groups is 3. The molecule has 2 aliphatic heterocycles. The lowest BCUT2D eigenvalue weighted by atomic mass is 9.68. The van der Waals surface area contributed by atoms with Crippen LogP contribution in [0.5, 0.6) is 0 Å². The van der Waals surface area contributed by atoms with E-state index in [9.17, 15) is 24.3 Å². The van der Waals surface area contributed by atoms with Crippen LogP contribution in [0.3, 0.4) is 0 Å². The molecule has 1 aromatic heterocycles. The summed E-state index contributed by atoms with van der Waals surface area (Å²) in [5.74, 6) is -2.62. The van der Waals surface area contributed by atoms with Gasteiger partial charge in [0.2, 0.25) is 11.8 Å². The van der Waals surface area contributed by atoms with E-state index in [1.165, 1.54) is 11.3 Å². The molecular formula is C27H31N3O5S2. The number of carboxylic acids is 1. The molecule has 10 heteroatoms. The molecule has 37 heavy (non-hydrogen) atoms. The molecule has 2 aliphatic carbocycles. The number of hydrogen-bond acceptors (Lipinski definition) is 7. The monoisotopic (exact) mass is 541 g/mol. The fraction of sp³-hybridized carbons (Fsp3) is 0.556. The second-order valence-electron chi connectivity index (χ2n) is 11.5. The minimum Gasteiger partial charge on any atom is -0.480 e. The summed E-state index contributed by atoms with van der Waals surface area (Å²) >= 11 is 2.89. The highest BCUT2D eigenvalue weighted by atomic mass is 32.2. The number of nitrogens with one attached hydrogen (secondary N) is 1. The van der Waals surface area contributed by atoms with Gasteiger partial charge in [0.15, 0.2) is 0 Å². The highest BCUT2D eigenvalue weighted by molar-refractivity contribution is 8.00. The van der Waals surface area contributed by atoms with E-state index in [-0.39, 0.29) is 57.9 Å². The third-order valence-corrected chi connectivity index (χ3v) is 11.4. The van der Waals surface area contributed by atoms with Crippen molar-refractivity contribution in [3.05, 3.63) is 44.4 Å². The van der Waals surface area contributed by atoms with Crippen molar-refractivity contribution in [2.24, 2.45) is 35.5 Å². The van der Waals surface area contributed by atoms with Crippen LogP contribution in [0.25, 0.3) is 0 Å². The number of aromatic nitrogens is 1. The first kappa shape index (κ1) is 24.7. The second kappa shape index (κ2) is 8.73. The lowest BCUT2D eigenvalue weighted by molar-refractivity contribution is -0.156. The number of nitrogens with zero attached hydrogens (tertiary/aromatic N) is 2. The van der Waals surface area contributed by atoms with Gasteiger partial charge in [-0.1, -0.05) is 37.3 Å². The molecule has 196 valence electrons. The van der Waals surface area contributed by atoms with Crippen molar-refractivity contribution < 1.29 is 19.5 Å². The summed E-state index contributed by atoms with van der Waals surface area (Å²) in [6.07, 6.45) is 1.04. The van der Waals surface area contributed by atoms with Crippen LogP contribution < -0.4 is 9.77 Å². The van der Waals surface area contributed by atoms with Crippen molar-refractivity contribution >= 4 is 46.6 Å². The van der Waals surface area contributed by atoms with E-state index >= 15 is 0 Å². The quantitative estimate of drug-likeness (QED) is 0.539. The predicted molar refractivity (Wildman–Crippen MR) is 142 cm³/mol. The Kier molecular flexibility index (Phi) is 5.83. The zero-order chi connectivity index (χ0) is 26.3. The molecule has 4 aliphatic rings. The standard InChI is InChI=1S/C27H31N3O5S2/c1-11(2)9-16(26(33)34)30-24(31)19-14-10-15(20(19)25(30)32)21-18(14)17(22-23(36-21)28-27(35)37-22)12-5-7-13(8-6-12)29(3)4/h5-8,11,14-21H,9-10H2,1-4H3,(H,28,35)(H,33,34)/t14-,15-,16-,17-,18-,19+,20-,21-/m1/s1. The molecule has 8 atom stereocenters. The summed E-state index contributed by atoms with van der Waals surface area (Å²) in [4.78, 5) is 59.1. The van der Waals surface area contributed by atoms with Crippen LogP contribution in [-0.2, 0) is 14.4 Å². The largest absolute Gasteiger partial charge is 0.480 e. The van der Waals surface area contributed by atoms with Gasteiger partial charge in [-0.2, -0.15) is 0 Å². The third kappa shape index (κ3) is 3.62. The van der Waals surface area contributed by atoms with Gasteiger partial charge in [-0.25, -0.2) is 4.79 Å². The maximum absolute atomic E-state index is 13.8. The Morgan fingerprint density at radius 2 is 1.76 bits per heavy atom. The second-order valence-corrected chi connectivity index (χ2v) is 13.7. The molecule has 0 spiro atoms.